The molecule has 2 aromatic rings. The molecule has 18 heavy (non-hydrogen) atoms. The quantitative estimate of drug-likeness (QED) is 0.715. The lowest BCUT2D eigenvalue weighted by Crippen LogP contribution is -2.50. The zero-order chi connectivity index (χ0) is 12.9. The minimum absolute atomic E-state index is 0.0701. The summed E-state index contributed by atoms with van der Waals surface area (Å²) >= 11 is 0. The first-order chi connectivity index (χ1) is 8.55. The van der Waals surface area contributed by atoms with E-state index in [2.05, 4.69) is 19.2 Å². The molecule has 0 aromatic heterocycles. The van der Waals surface area contributed by atoms with Gasteiger partial charge in [-0.05, 0) is 39.7 Å². The van der Waals surface area contributed by atoms with Gasteiger partial charge in [0.15, 0.2) is 0 Å². The molecule has 1 aliphatic rings. The van der Waals surface area contributed by atoms with Crippen LogP contribution in [-0.4, -0.2) is 15.2 Å². The Kier molecular flexibility index (Phi) is 2.35. The first kappa shape index (κ1) is 11.5. The molecular formula is C15H15FOSi. The number of halogens is 1. The summed E-state index contributed by atoms with van der Waals surface area (Å²) in [6.45, 7) is 4.40. The summed E-state index contributed by atoms with van der Waals surface area (Å²) < 4.78 is 19.4. The van der Waals surface area contributed by atoms with Crippen LogP contribution in [0.4, 0.5) is 4.39 Å². The van der Waals surface area contributed by atoms with Crippen molar-refractivity contribution in [1.29, 1.82) is 0 Å². The number of methoxy groups -OCH3 is 1. The summed E-state index contributed by atoms with van der Waals surface area (Å²) in [4.78, 5) is 0. The molecule has 0 aliphatic carbocycles. The van der Waals surface area contributed by atoms with Crippen molar-refractivity contribution in [1.82, 2.24) is 0 Å². The van der Waals surface area contributed by atoms with Gasteiger partial charge in [-0.2, -0.15) is 0 Å². The first-order valence-electron chi connectivity index (χ1n) is 6.03. The molecule has 1 aliphatic heterocycles. The Hall–Kier alpha value is -1.61. The first-order valence-corrected chi connectivity index (χ1v) is 9.03. The third kappa shape index (κ3) is 1.37. The number of benzene rings is 2. The summed E-state index contributed by atoms with van der Waals surface area (Å²) in [5.74, 6) is 0.759. The molecule has 3 heteroatoms. The van der Waals surface area contributed by atoms with E-state index in [0.29, 0.717) is 0 Å². The molecule has 3 rings (SSSR count). The van der Waals surface area contributed by atoms with Crippen molar-refractivity contribution < 1.29 is 9.13 Å². The molecular weight excluding hydrogens is 243 g/mol. The fourth-order valence-corrected chi connectivity index (χ4v) is 6.16. The summed E-state index contributed by atoms with van der Waals surface area (Å²) in [7, 11) is -0.234. The molecule has 1 heterocycles. The third-order valence-corrected chi connectivity index (χ3v) is 7.37. The van der Waals surface area contributed by atoms with Crippen molar-refractivity contribution in [3.8, 4) is 16.9 Å². The average Bonchev–Trinajstić information content (AvgIpc) is 2.59. The van der Waals surface area contributed by atoms with E-state index in [1.165, 1.54) is 5.19 Å². The van der Waals surface area contributed by atoms with Gasteiger partial charge < -0.3 is 4.74 Å². The second-order valence-electron chi connectivity index (χ2n) is 5.20. The van der Waals surface area contributed by atoms with Crippen LogP contribution in [0.2, 0.25) is 13.1 Å². The van der Waals surface area contributed by atoms with Gasteiger partial charge in [0.25, 0.3) is 0 Å². The van der Waals surface area contributed by atoms with Crippen LogP contribution in [0.3, 0.4) is 0 Å². The van der Waals surface area contributed by atoms with Crippen molar-refractivity contribution in [3.63, 3.8) is 0 Å². The van der Waals surface area contributed by atoms with Crippen molar-refractivity contribution in [2.24, 2.45) is 0 Å². The number of ether oxygens (including phenoxy) is 1. The van der Waals surface area contributed by atoms with Crippen LogP contribution in [0.5, 0.6) is 5.75 Å². The van der Waals surface area contributed by atoms with Gasteiger partial charge in [0, 0.05) is 0 Å². The molecule has 0 atom stereocenters. The Morgan fingerprint density at radius 1 is 1.06 bits per heavy atom. The monoisotopic (exact) mass is 258 g/mol. The zero-order valence-corrected chi connectivity index (χ0v) is 11.8. The molecule has 0 unspecified atom stereocenters. The second kappa shape index (κ2) is 3.69. The Morgan fingerprint density at radius 3 is 2.56 bits per heavy atom. The van der Waals surface area contributed by atoms with Gasteiger partial charge in [0.1, 0.15) is 19.6 Å². The van der Waals surface area contributed by atoms with Crippen LogP contribution < -0.4 is 15.1 Å². The highest BCUT2D eigenvalue weighted by molar-refractivity contribution is 7.03. The summed E-state index contributed by atoms with van der Waals surface area (Å²) in [6.07, 6.45) is 0. The predicted octanol–water partition coefficient (Wildman–Crippen LogP) is 2.64. The number of rotatable bonds is 1. The molecule has 0 spiro atoms. The lowest BCUT2D eigenvalue weighted by atomic mass is 10.1. The molecule has 1 nitrogen and oxygen atoms in total. The molecule has 0 bridgehead atoms. The predicted molar refractivity (Wildman–Crippen MR) is 75.1 cm³/mol. The largest absolute Gasteiger partial charge is 0.497 e. The van der Waals surface area contributed by atoms with E-state index in [0.717, 1.165) is 22.1 Å². The fourth-order valence-electron chi connectivity index (χ4n) is 2.94. The van der Waals surface area contributed by atoms with Crippen molar-refractivity contribution >= 4 is 18.4 Å². The van der Waals surface area contributed by atoms with E-state index in [1.807, 2.05) is 18.2 Å². The van der Waals surface area contributed by atoms with Gasteiger partial charge >= 0.3 is 0 Å². The van der Waals surface area contributed by atoms with E-state index in [4.69, 9.17) is 4.74 Å². The van der Waals surface area contributed by atoms with E-state index < -0.39 is 8.07 Å². The van der Waals surface area contributed by atoms with Crippen LogP contribution in [0.15, 0.2) is 36.4 Å². The Morgan fingerprint density at radius 2 is 1.83 bits per heavy atom. The fraction of sp³-hybridized carbons (Fsp3) is 0.200. The van der Waals surface area contributed by atoms with Crippen molar-refractivity contribution in [2.45, 2.75) is 13.1 Å². The van der Waals surface area contributed by atoms with E-state index >= 15 is 0 Å². The van der Waals surface area contributed by atoms with E-state index in [1.54, 1.807) is 19.2 Å². The maximum absolute atomic E-state index is 14.1. The van der Waals surface area contributed by atoms with Crippen LogP contribution in [0.25, 0.3) is 11.1 Å². The lowest BCUT2D eigenvalue weighted by Gasteiger charge is -2.19. The molecule has 0 radical (unpaired) electrons. The molecule has 0 saturated carbocycles. The number of hydrogen-bond acceptors (Lipinski definition) is 1. The van der Waals surface area contributed by atoms with Gasteiger partial charge in [-0.25, -0.2) is 4.39 Å². The second-order valence-corrected chi connectivity index (χ2v) is 9.49. The molecule has 0 fully saturated rings. The third-order valence-electron chi connectivity index (χ3n) is 3.83. The highest BCUT2D eigenvalue weighted by atomic mass is 28.3. The Bertz CT molecular complexity index is 634. The van der Waals surface area contributed by atoms with Crippen LogP contribution >= 0.6 is 0 Å². The Balaban J connectivity index is 2.36. The summed E-state index contributed by atoms with van der Waals surface area (Å²) in [6, 6.07) is 11.5. The topological polar surface area (TPSA) is 9.23 Å². The van der Waals surface area contributed by atoms with Crippen molar-refractivity contribution in [2.75, 3.05) is 7.11 Å². The molecule has 2 aromatic carbocycles. The molecule has 0 saturated heterocycles. The number of hydrogen-bond donors (Lipinski definition) is 0. The maximum Gasteiger partial charge on any atom is 0.123 e. The SMILES string of the molecule is COc1ccc2c(c1)-c1cccc(F)c1[Si]2(C)C. The van der Waals surface area contributed by atoms with Gasteiger partial charge in [-0.1, -0.05) is 31.3 Å². The van der Waals surface area contributed by atoms with Gasteiger partial charge in [0.2, 0.25) is 0 Å². The summed E-state index contributed by atoms with van der Waals surface area (Å²) in [5, 5.41) is 2.22. The standard InChI is InChI=1S/C15H15FOSi/c1-17-10-7-8-14-12(9-10)11-5-4-6-13(16)15(11)18(14,2)3/h4-9H,1-3H3. The molecule has 92 valence electrons. The molecule has 0 amide bonds. The average molecular weight is 258 g/mol. The maximum atomic E-state index is 14.1. The minimum atomic E-state index is -1.89. The molecule has 0 N–H and O–H groups in total. The zero-order valence-electron chi connectivity index (χ0n) is 10.8. The van der Waals surface area contributed by atoms with Gasteiger partial charge in [-0.15, -0.1) is 0 Å². The normalized spacial score (nSPS) is 15.1. The van der Waals surface area contributed by atoms with Crippen LogP contribution in [0.1, 0.15) is 0 Å². The smallest absolute Gasteiger partial charge is 0.123 e. The van der Waals surface area contributed by atoms with Crippen LogP contribution in [0, 0.1) is 5.82 Å². The number of fused-ring (bicyclic) bond motifs is 3. The van der Waals surface area contributed by atoms with Crippen LogP contribution in [-0.2, 0) is 0 Å². The van der Waals surface area contributed by atoms with Gasteiger partial charge in [-0.3, -0.25) is 0 Å². The summed E-state index contributed by atoms with van der Waals surface area (Å²) in [5.41, 5.74) is 2.18. The van der Waals surface area contributed by atoms with E-state index in [-0.39, 0.29) is 5.82 Å². The Labute approximate surface area is 107 Å². The van der Waals surface area contributed by atoms with Gasteiger partial charge in [0.05, 0.1) is 7.11 Å². The lowest BCUT2D eigenvalue weighted by molar-refractivity contribution is 0.415. The van der Waals surface area contributed by atoms with Crippen molar-refractivity contribution in [3.05, 3.63) is 42.2 Å². The highest BCUT2D eigenvalue weighted by Gasteiger charge is 2.39. The highest BCUT2D eigenvalue weighted by Crippen LogP contribution is 2.31. The van der Waals surface area contributed by atoms with E-state index in [9.17, 15) is 4.39 Å². The minimum Gasteiger partial charge on any atom is -0.497 e.